The van der Waals surface area contributed by atoms with E-state index in [-0.39, 0.29) is 11.2 Å². The molecule has 4 heteroatoms. The molecular formula is C19H23NO2S. The molecule has 0 spiro atoms. The van der Waals surface area contributed by atoms with Gasteiger partial charge in [-0.1, -0.05) is 42.5 Å². The molecule has 3 nitrogen and oxygen atoms in total. The van der Waals surface area contributed by atoms with Crippen molar-refractivity contribution in [1.82, 2.24) is 0 Å². The number of rotatable bonds is 6. The summed E-state index contributed by atoms with van der Waals surface area (Å²) >= 11 is 1.45. The van der Waals surface area contributed by atoms with Crippen molar-refractivity contribution < 1.29 is 9.90 Å². The number of amides is 1. The number of aryl methyl sites for hydroxylation is 1. The Morgan fingerprint density at radius 2 is 1.83 bits per heavy atom. The molecule has 0 heterocycles. The maximum atomic E-state index is 12.3. The van der Waals surface area contributed by atoms with Gasteiger partial charge in [0.15, 0.2) is 0 Å². The van der Waals surface area contributed by atoms with Crippen molar-refractivity contribution in [2.75, 3.05) is 11.1 Å². The number of anilines is 1. The number of hydrogen-bond donors (Lipinski definition) is 2. The molecule has 0 fully saturated rings. The van der Waals surface area contributed by atoms with Gasteiger partial charge in [-0.25, -0.2) is 0 Å². The second-order valence-electron chi connectivity index (χ2n) is 5.64. The third-order valence-corrected chi connectivity index (χ3v) is 5.14. The topological polar surface area (TPSA) is 49.3 Å². The van der Waals surface area contributed by atoms with E-state index in [1.165, 1.54) is 11.8 Å². The van der Waals surface area contributed by atoms with Crippen LogP contribution in [0.5, 0.6) is 0 Å². The van der Waals surface area contributed by atoms with Gasteiger partial charge in [-0.05, 0) is 43.5 Å². The van der Waals surface area contributed by atoms with E-state index in [1.54, 1.807) is 0 Å². The molecule has 2 unspecified atom stereocenters. The molecule has 0 saturated heterocycles. The number of hydrogen-bond acceptors (Lipinski definition) is 3. The SMILES string of the molecule is Cc1cccc(NC(=O)C(C)SCC(O)c2ccccc2)c1C. The third kappa shape index (κ3) is 4.85. The van der Waals surface area contributed by atoms with Crippen molar-refractivity contribution in [2.24, 2.45) is 0 Å². The van der Waals surface area contributed by atoms with Gasteiger partial charge in [-0.15, -0.1) is 11.8 Å². The standard InChI is InChI=1S/C19H23NO2S/c1-13-8-7-11-17(14(13)2)20-19(22)15(3)23-12-18(21)16-9-5-4-6-10-16/h4-11,15,18,21H,12H2,1-3H3,(H,20,22). The van der Waals surface area contributed by atoms with Gasteiger partial charge in [0.2, 0.25) is 5.91 Å². The number of aliphatic hydroxyl groups is 1. The Morgan fingerprint density at radius 1 is 1.13 bits per heavy atom. The molecule has 0 aromatic heterocycles. The first-order valence-corrected chi connectivity index (χ1v) is 8.75. The van der Waals surface area contributed by atoms with Crippen LogP contribution in [0, 0.1) is 13.8 Å². The maximum absolute atomic E-state index is 12.3. The van der Waals surface area contributed by atoms with Crippen molar-refractivity contribution in [3.8, 4) is 0 Å². The largest absolute Gasteiger partial charge is 0.388 e. The van der Waals surface area contributed by atoms with E-state index in [9.17, 15) is 9.90 Å². The fraction of sp³-hybridized carbons (Fsp3) is 0.316. The summed E-state index contributed by atoms with van der Waals surface area (Å²) in [5.41, 5.74) is 3.97. The molecule has 2 aromatic rings. The first-order valence-electron chi connectivity index (χ1n) is 7.70. The van der Waals surface area contributed by atoms with Gasteiger partial charge < -0.3 is 10.4 Å². The molecule has 2 rings (SSSR count). The van der Waals surface area contributed by atoms with Crippen LogP contribution in [0.15, 0.2) is 48.5 Å². The molecule has 122 valence electrons. The summed E-state index contributed by atoms with van der Waals surface area (Å²) in [4.78, 5) is 12.3. The number of carbonyl (C=O) groups is 1. The van der Waals surface area contributed by atoms with Crippen molar-refractivity contribution in [3.63, 3.8) is 0 Å². The van der Waals surface area contributed by atoms with Crippen LogP contribution >= 0.6 is 11.8 Å². The summed E-state index contributed by atoms with van der Waals surface area (Å²) in [6.07, 6.45) is -0.558. The van der Waals surface area contributed by atoms with E-state index >= 15 is 0 Å². The molecule has 23 heavy (non-hydrogen) atoms. The molecule has 0 bridgehead atoms. The smallest absolute Gasteiger partial charge is 0.237 e. The lowest BCUT2D eigenvalue weighted by atomic mass is 10.1. The molecule has 0 aliphatic rings. The number of thioether (sulfide) groups is 1. The molecule has 0 aliphatic carbocycles. The molecule has 2 aromatic carbocycles. The minimum atomic E-state index is -0.558. The third-order valence-electron chi connectivity index (χ3n) is 3.92. The van der Waals surface area contributed by atoms with Gasteiger partial charge in [0.25, 0.3) is 0 Å². The van der Waals surface area contributed by atoms with E-state index in [1.807, 2.05) is 69.3 Å². The zero-order valence-corrected chi connectivity index (χ0v) is 14.6. The summed E-state index contributed by atoms with van der Waals surface area (Å²) in [6, 6.07) is 15.4. The van der Waals surface area contributed by atoms with Crippen molar-refractivity contribution in [3.05, 3.63) is 65.2 Å². The summed E-state index contributed by atoms with van der Waals surface area (Å²) in [6.45, 7) is 5.89. The van der Waals surface area contributed by atoms with Crippen LogP contribution in [-0.4, -0.2) is 22.0 Å². The highest BCUT2D eigenvalue weighted by Gasteiger charge is 2.17. The lowest BCUT2D eigenvalue weighted by molar-refractivity contribution is -0.115. The highest BCUT2D eigenvalue weighted by molar-refractivity contribution is 8.00. The summed E-state index contributed by atoms with van der Waals surface area (Å²) < 4.78 is 0. The van der Waals surface area contributed by atoms with E-state index in [2.05, 4.69) is 5.32 Å². The average Bonchev–Trinajstić information content (AvgIpc) is 2.57. The van der Waals surface area contributed by atoms with Crippen molar-refractivity contribution >= 4 is 23.4 Å². The van der Waals surface area contributed by atoms with Crippen LogP contribution in [0.3, 0.4) is 0 Å². The Labute approximate surface area is 142 Å². The highest BCUT2D eigenvalue weighted by Crippen LogP contribution is 2.23. The number of benzene rings is 2. The molecular weight excluding hydrogens is 306 g/mol. The van der Waals surface area contributed by atoms with Gasteiger partial charge in [0, 0.05) is 11.4 Å². The second-order valence-corrected chi connectivity index (χ2v) is 7.01. The van der Waals surface area contributed by atoms with E-state index < -0.39 is 6.10 Å². The summed E-state index contributed by atoms with van der Waals surface area (Å²) in [7, 11) is 0. The van der Waals surface area contributed by atoms with Gasteiger partial charge in [-0.3, -0.25) is 4.79 Å². The monoisotopic (exact) mass is 329 g/mol. The molecule has 0 radical (unpaired) electrons. The average molecular weight is 329 g/mol. The molecule has 2 N–H and O–H groups in total. The van der Waals surface area contributed by atoms with Crippen LogP contribution in [0.4, 0.5) is 5.69 Å². The summed E-state index contributed by atoms with van der Waals surface area (Å²) in [5, 5.41) is 12.9. The maximum Gasteiger partial charge on any atom is 0.237 e. The van der Waals surface area contributed by atoms with Crippen molar-refractivity contribution in [2.45, 2.75) is 32.1 Å². The fourth-order valence-corrected chi connectivity index (χ4v) is 3.08. The van der Waals surface area contributed by atoms with E-state index in [0.717, 1.165) is 22.4 Å². The van der Waals surface area contributed by atoms with E-state index in [0.29, 0.717) is 5.75 Å². The quantitative estimate of drug-likeness (QED) is 0.839. The first-order chi connectivity index (χ1) is 11.0. The van der Waals surface area contributed by atoms with E-state index in [4.69, 9.17) is 0 Å². The lowest BCUT2D eigenvalue weighted by Crippen LogP contribution is -2.24. The lowest BCUT2D eigenvalue weighted by Gasteiger charge is -2.16. The van der Waals surface area contributed by atoms with Crippen LogP contribution in [-0.2, 0) is 4.79 Å². The molecule has 1 amide bonds. The molecule has 0 saturated carbocycles. The van der Waals surface area contributed by atoms with Gasteiger partial charge in [0.05, 0.1) is 11.4 Å². The normalized spacial score (nSPS) is 13.4. The number of carbonyl (C=O) groups excluding carboxylic acids is 1. The predicted molar refractivity (Wildman–Crippen MR) is 97.9 cm³/mol. The van der Waals surface area contributed by atoms with Crippen molar-refractivity contribution in [1.29, 1.82) is 0 Å². The first kappa shape index (κ1) is 17.6. The van der Waals surface area contributed by atoms with Crippen LogP contribution < -0.4 is 5.32 Å². The minimum absolute atomic E-state index is 0.0380. The minimum Gasteiger partial charge on any atom is -0.388 e. The summed E-state index contributed by atoms with van der Waals surface area (Å²) in [5.74, 6) is 0.453. The zero-order chi connectivity index (χ0) is 16.8. The fourth-order valence-electron chi connectivity index (χ4n) is 2.20. The van der Waals surface area contributed by atoms with Gasteiger partial charge in [0.1, 0.15) is 0 Å². The number of nitrogens with one attached hydrogen (secondary N) is 1. The Balaban J connectivity index is 1.89. The van der Waals surface area contributed by atoms with Crippen LogP contribution in [0.2, 0.25) is 0 Å². The zero-order valence-electron chi connectivity index (χ0n) is 13.7. The van der Waals surface area contributed by atoms with Gasteiger partial charge >= 0.3 is 0 Å². The predicted octanol–water partition coefficient (Wildman–Crippen LogP) is 4.10. The Bertz CT molecular complexity index is 658. The highest BCUT2D eigenvalue weighted by atomic mass is 32.2. The number of aliphatic hydroxyl groups excluding tert-OH is 1. The van der Waals surface area contributed by atoms with Gasteiger partial charge in [-0.2, -0.15) is 0 Å². The molecule has 0 aliphatic heterocycles. The second kappa shape index (κ2) is 8.18. The Morgan fingerprint density at radius 3 is 2.52 bits per heavy atom. The van der Waals surface area contributed by atoms with Crippen LogP contribution in [0.25, 0.3) is 0 Å². The molecule has 2 atom stereocenters. The van der Waals surface area contributed by atoms with Crippen LogP contribution in [0.1, 0.15) is 29.7 Å². The Kier molecular flexibility index (Phi) is 6.25. The Hall–Kier alpha value is -1.78.